The van der Waals surface area contributed by atoms with Gasteiger partial charge in [-0.05, 0) is 68.7 Å². The number of benzene rings is 2. The lowest BCUT2D eigenvalue weighted by Gasteiger charge is -2.59. The second-order valence-corrected chi connectivity index (χ2v) is 9.71. The Labute approximate surface area is 178 Å². The number of hydrogen-bond acceptors (Lipinski definition) is 3. The zero-order valence-electron chi connectivity index (χ0n) is 17.8. The van der Waals surface area contributed by atoms with Gasteiger partial charge in [0.1, 0.15) is 12.3 Å². The van der Waals surface area contributed by atoms with Gasteiger partial charge < -0.3 is 9.47 Å². The van der Waals surface area contributed by atoms with Gasteiger partial charge in [0.2, 0.25) is 0 Å². The van der Waals surface area contributed by atoms with E-state index < -0.39 is 6.17 Å². The Morgan fingerprint density at radius 1 is 1.20 bits per heavy atom. The number of methoxy groups -OCH3 is 1. The maximum atomic E-state index is 15.2. The van der Waals surface area contributed by atoms with Crippen LogP contribution >= 0.6 is 0 Å². The highest BCUT2D eigenvalue weighted by atomic mass is 19.1. The minimum absolute atomic E-state index is 0.178. The molecule has 2 aromatic carbocycles. The van der Waals surface area contributed by atoms with E-state index in [0.29, 0.717) is 24.4 Å². The molecule has 1 saturated heterocycles. The first kappa shape index (κ1) is 18.7. The third-order valence-electron chi connectivity index (χ3n) is 8.43. The van der Waals surface area contributed by atoms with Gasteiger partial charge in [-0.25, -0.2) is 4.39 Å². The Morgan fingerprint density at radius 3 is 2.83 bits per heavy atom. The van der Waals surface area contributed by atoms with Crippen LogP contribution in [0, 0.1) is 5.92 Å². The maximum Gasteiger partial charge on any atom is 0.165 e. The summed E-state index contributed by atoms with van der Waals surface area (Å²) < 4.78 is 27.2. The number of rotatable bonds is 4. The number of likely N-dealkylation sites (tertiary alicyclic amines) is 1. The van der Waals surface area contributed by atoms with Crippen molar-refractivity contribution in [1.29, 1.82) is 0 Å². The highest BCUT2D eigenvalue weighted by Crippen LogP contribution is 2.64. The Morgan fingerprint density at radius 2 is 2.03 bits per heavy atom. The number of hydrogen-bond donors (Lipinski definition) is 0. The Balaban J connectivity index is 1.41. The summed E-state index contributed by atoms with van der Waals surface area (Å²) in [6, 6.07) is 15.9. The molecule has 4 heteroatoms. The van der Waals surface area contributed by atoms with Crippen LogP contribution in [0.5, 0.6) is 11.5 Å². The van der Waals surface area contributed by atoms with Gasteiger partial charge >= 0.3 is 0 Å². The molecule has 0 aromatic heterocycles. The van der Waals surface area contributed by atoms with Crippen LogP contribution in [0.2, 0.25) is 0 Å². The Hall–Kier alpha value is -2.07. The van der Waals surface area contributed by atoms with Gasteiger partial charge in [0.05, 0.1) is 7.11 Å². The van der Waals surface area contributed by atoms with Crippen molar-refractivity contribution in [3.05, 3.63) is 59.2 Å². The maximum absolute atomic E-state index is 15.2. The zero-order valence-corrected chi connectivity index (χ0v) is 17.8. The van der Waals surface area contributed by atoms with Gasteiger partial charge in [-0.1, -0.05) is 36.4 Å². The molecule has 4 aliphatic rings. The van der Waals surface area contributed by atoms with Crippen molar-refractivity contribution < 1.29 is 13.9 Å². The van der Waals surface area contributed by atoms with E-state index in [1.165, 1.54) is 16.7 Å². The molecule has 6 atom stereocenters. The lowest BCUT2D eigenvalue weighted by atomic mass is 9.51. The zero-order chi connectivity index (χ0) is 20.5. The monoisotopic (exact) mass is 407 g/mol. The molecule has 1 saturated carbocycles. The van der Waals surface area contributed by atoms with Crippen LogP contribution in [0.4, 0.5) is 4.39 Å². The summed E-state index contributed by atoms with van der Waals surface area (Å²) in [6.07, 6.45) is 3.39. The van der Waals surface area contributed by atoms with E-state index in [2.05, 4.69) is 48.2 Å². The minimum Gasteiger partial charge on any atom is -0.493 e. The van der Waals surface area contributed by atoms with E-state index in [1.54, 1.807) is 7.11 Å². The second-order valence-electron chi connectivity index (χ2n) is 9.71. The fourth-order valence-electron chi connectivity index (χ4n) is 7.28. The van der Waals surface area contributed by atoms with E-state index in [9.17, 15) is 0 Å². The average Bonchev–Trinajstić information content (AvgIpc) is 3.10. The summed E-state index contributed by atoms with van der Waals surface area (Å²) in [6.45, 7) is 3.38. The van der Waals surface area contributed by atoms with Gasteiger partial charge in [0.25, 0.3) is 0 Å². The van der Waals surface area contributed by atoms with Crippen LogP contribution in [0.3, 0.4) is 0 Å². The van der Waals surface area contributed by atoms with Gasteiger partial charge in [-0.2, -0.15) is 0 Å². The molecular weight excluding hydrogens is 377 g/mol. The van der Waals surface area contributed by atoms with E-state index in [0.717, 1.165) is 43.7 Å². The third-order valence-corrected chi connectivity index (χ3v) is 8.43. The Bertz CT molecular complexity index is 963. The lowest BCUT2D eigenvalue weighted by Crippen LogP contribution is -2.67. The minimum atomic E-state index is -0.891. The van der Waals surface area contributed by atoms with Crippen molar-refractivity contribution >= 4 is 0 Å². The first-order valence-electron chi connectivity index (χ1n) is 11.4. The summed E-state index contributed by atoms with van der Waals surface area (Å²) in [4.78, 5) is 2.73. The van der Waals surface area contributed by atoms with Crippen molar-refractivity contribution in [3.8, 4) is 11.5 Å². The summed E-state index contributed by atoms with van der Waals surface area (Å²) in [7, 11) is 1.69. The highest BCUT2D eigenvalue weighted by Gasteiger charge is 2.66. The highest BCUT2D eigenvalue weighted by molar-refractivity contribution is 5.61. The van der Waals surface area contributed by atoms with Crippen molar-refractivity contribution in [1.82, 2.24) is 4.90 Å². The number of nitrogens with zero attached hydrogens (tertiary/aromatic N) is 1. The fraction of sp³-hybridized carbons (Fsp3) is 0.538. The molecule has 1 spiro atoms. The molecule has 2 fully saturated rings. The number of piperidine rings is 1. The fourth-order valence-corrected chi connectivity index (χ4v) is 7.28. The van der Waals surface area contributed by atoms with Crippen molar-refractivity contribution in [3.63, 3.8) is 0 Å². The molecule has 2 aliphatic carbocycles. The number of alkyl halides is 1. The second kappa shape index (κ2) is 6.71. The topological polar surface area (TPSA) is 21.7 Å². The molecule has 2 bridgehead atoms. The van der Waals surface area contributed by atoms with Crippen molar-refractivity contribution in [2.45, 2.75) is 68.8 Å². The first-order valence-corrected chi connectivity index (χ1v) is 11.4. The molecule has 158 valence electrons. The smallest absolute Gasteiger partial charge is 0.165 e. The van der Waals surface area contributed by atoms with Crippen LogP contribution < -0.4 is 9.47 Å². The summed E-state index contributed by atoms with van der Waals surface area (Å²) in [5.74, 6) is 2.06. The van der Waals surface area contributed by atoms with Gasteiger partial charge in [-0.15, -0.1) is 0 Å². The predicted octanol–water partition coefficient (Wildman–Crippen LogP) is 4.70. The van der Waals surface area contributed by atoms with Crippen LogP contribution in [-0.4, -0.2) is 42.9 Å². The number of ether oxygens (including phenoxy) is 2. The summed E-state index contributed by atoms with van der Waals surface area (Å²) in [5.41, 5.74) is 3.84. The molecule has 0 N–H and O–H groups in total. The van der Waals surface area contributed by atoms with E-state index >= 15 is 4.39 Å². The van der Waals surface area contributed by atoms with Crippen LogP contribution in [0.1, 0.15) is 42.9 Å². The third kappa shape index (κ3) is 2.40. The molecule has 0 amide bonds. The molecular formula is C26H30FNO2. The molecule has 4 unspecified atom stereocenters. The SMILES string of the molecule is COc1ccc2c3c1O[C@@H]1C(F)CCC4[C@H](C2)N(C(C)Cc2ccccc2)CCC341. The summed E-state index contributed by atoms with van der Waals surface area (Å²) >= 11 is 0. The quantitative estimate of drug-likeness (QED) is 0.733. The normalized spacial score (nSPS) is 34.8. The molecule has 6 rings (SSSR count). The van der Waals surface area contributed by atoms with Gasteiger partial charge in [-0.3, -0.25) is 4.90 Å². The molecule has 0 radical (unpaired) electrons. The lowest BCUT2D eigenvalue weighted by molar-refractivity contribution is -0.0911. The first-order chi connectivity index (χ1) is 14.6. The summed E-state index contributed by atoms with van der Waals surface area (Å²) in [5, 5.41) is 0. The van der Waals surface area contributed by atoms with E-state index in [-0.39, 0.29) is 11.5 Å². The average molecular weight is 408 g/mol. The van der Waals surface area contributed by atoms with E-state index in [1.807, 2.05) is 6.07 Å². The van der Waals surface area contributed by atoms with Gasteiger partial charge in [0.15, 0.2) is 11.5 Å². The van der Waals surface area contributed by atoms with Crippen LogP contribution in [-0.2, 0) is 18.3 Å². The van der Waals surface area contributed by atoms with Crippen LogP contribution in [0.15, 0.2) is 42.5 Å². The largest absolute Gasteiger partial charge is 0.493 e. The van der Waals surface area contributed by atoms with Crippen molar-refractivity contribution in [2.24, 2.45) is 5.92 Å². The predicted molar refractivity (Wildman–Crippen MR) is 115 cm³/mol. The molecule has 2 heterocycles. The number of halogens is 1. The molecule has 30 heavy (non-hydrogen) atoms. The molecule has 2 aromatic rings. The standard InChI is InChI=1S/C26H30FNO2/c1-16(14-17-6-4-3-5-7-17)28-13-12-26-19-9-10-20(27)25(26)30-24-22(29-2)11-8-18(23(24)26)15-21(19)28/h3-8,11,16,19-21,25H,9-10,12-15H2,1-2H3/t16?,19?,20?,21-,25+,26?/m0/s1. The molecule has 3 nitrogen and oxygen atoms in total. The van der Waals surface area contributed by atoms with Crippen LogP contribution in [0.25, 0.3) is 0 Å². The Kier molecular flexibility index (Phi) is 4.18. The molecule has 2 aliphatic heterocycles. The van der Waals surface area contributed by atoms with Crippen molar-refractivity contribution in [2.75, 3.05) is 13.7 Å². The van der Waals surface area contributed by atoms with Gasteiger partial charge in [0, 0.05) is 23.1 Å². The van der Waals surface area contributed by atoms with E-state index in [4.69, 9.17) is 9.47 Å².